The largest absolute Gasteiger partial charge is 0.382 e. The molecule has 0 aromatic rings. The Balaban J connectivity index is 2.61. The first-order chi connectivity index (χ1) is 6.93. The summed E-state index contributed by atoms with van der Waals surface area (Å²) in [5, 5.41) is 0. The Morgan fingerprint density at radius 2 is 1.80 bits per heavy atom. The highest BCUT2D eigenvalue weighted by Gasteiger charge is 2.36. The van der Waals surface area contributed by atoms with E-state index in [9.17, 15) is 8.42 Å². The molecule has 0 radical (unpaired) electrons. The van der Waals surface area contributed by atoms with E-state index in [4.69, 9.17) is 9.47 Å². The summed E-state index contributed by atoms with van der Waals surface area (Å²) in [7, 11) is 0.214. The molecule has 1 aliphatic rings. The third-order valence-corrected chi connectivity index (χ3v) is 4.25. The lowest BCUT2D eigenvalue weighted by molar-refractivity contribution is -0.0898. The summed E-state index contributed by atoms with van der Waals surface area (Å²) in [5.74, 6) is 0. The van der Waals surface area contributed by atoms with E-state index in [0.717, 1.165) is 0 Å². The van der Waals surface area contributed by atoms with Gasteiger partial charge in [-0.05, 0) is 12.8 Å². The van der Waals surface area contributed by atoms with Crippen LogP contribution in [0.25, 0.3) is 0 Å². The molecule has 0 aliphatic carbocycles. The van der Waals surface area contributed by atoms with Gasteiger partial charge in [0.05, 0.1) is 18.5 Å². The summed E-state index contributed by atoms with van der Waals surface area (Å²) >= 11 is 0. The van der Waals surface area contributed by atoms with Gasteiger partial charge >= 0.3 is 0 Å². The van der Waals surface area contributed by atoms with Crippen molar-refractivity contribution in [2.45, 2.75) is 18.4 Å². The van der Waals surface area contributed by atoms with E-state index in [1.54, 1.807) is 14.2 Å². The van der Waals surface area contributed by atoms with Crippen molar-refractivity contribution in [3.63, 3.8) is 0 Å². The average molecular weight is 237 g/mol. The summed E-state index contributed by atoms with van der Waals surface area (Å²) in [6.45, 7) is 1.53. The molecule has 90 valence electrons. The van der Waals surface area contributed by atoms with Gasteiger partial charge in [0, 0.05) is 27.3 Å². The molecule has 1 saturated heterocycles. The van der Waals surface area contributed by atoms with E-state index >= 15 is 0 Å². The number of rotatable bonds is 4. The predicted molar refractivity (Wildman–Crippen MR) is 57.3 cm³/mol. The first-order valence-electron chi connectivity index (χ1n) is 4.93. The second-order valence-corrected chi connectivity index (χ2v) is 5.96. The minimum atomic E-state index is -3.06. The Labute approximate surface area is 91.4 Å². The van der Waals surface area contributed by atoms with Crippen molar-refractivity contribution in [1.29, 1.82) is 0 Å². The fraction of sp³-hybridized carbons (Fsp3) is 1.00. The van der Waals surface area contributed by atoms with Crippen molar-refractivity contribution in [3.05, 3.63) is 0 Å². The lowest BCUT2D eigenvalue weighted by Gasteiger charge is -2.39. The van der Waals surface area contributed by atoms with E-state index < -0.39 is 10.0 Å². The van der Waals surface area contributed by atoms with Gasteiger partial charge in [-0.15, -0.1) is 0 Å². The van der Waals surface area contributed by atoms with Crippen LogP contribution in [0.2, 0.25) is 0 Å². The van der Waals surface area contributed by atoms with E-state index in [1.807, 2.05) is 0 Å². The average Bonchev–Trinajstić information content (AvgIpc) is 2.17. The minimum absolute atomic E-state index is 0.310. The maximum atomic E-state index is 11.3. The second kappa shape index (κ2) is 4.78. The third kappa shape index (κ3) is 3.14. The SMILES string of the molecule is COCC1(OC)CCN(S(C)(=O)=O)CC1. The molecule has 0 N–H and O–H groups in total. The number of ether oxygens (including phenoxy) is 2. The van der Waals surface area contributed by atoms with Crippen LogP contribution in [0.4, 0.5) is 0 Å². The quantitative estimate of drug-likeness (QED) is 0.694. The van der Waals surface area contributed by atoms with Crippen LogP contribution in [-0.4, -0.2) is 58.5 Å². The number of nitrogens with zero attached hydrogens (tertiary/aromatic N) is 1. The smallest absolute Gasteiger partial charge is 0.211 e. The van der Waals surface area contributed by atoms with Gasteiger partial charge in [0.25, 0.3) is 0 Å². The van der Waals surface area contributed by atoms with Crippen molar-refractivity contribution in [3.8, 4) is 0 Å². The highest BCUT2D eigenvalue weighted by molar-refractivity contribution is 7.88. The van der Waals surface area contributed by atoms with Crippen LogP contribution < -0.4 is 0 Å². The Morgan fingerprint density at radius 1 is 1.27 bits per heavy atom. The molecule has 0 aromatic heterocycles. The molecule has 0 aromatic carbocycles. The lowest BCUT2D eigenvalue weighted by atomic mass is 9.93. The molecule has 0 bridgehead atoms. The van der Waals surface area contributed by atoms with Crippen molar-refractivity contribution in [2.75, 3.05) is 40.2 Å². The molecule has 0 atom stereocenters. The van der Waals surface area contributed by atoms with E-state index in [0.29, 0.717) is 32.5 Å². The van der Waals surface area contributed by atoms with Crippen LogP contribution in [0, 0.1) is 0 Å². The molecule has 0 amide bonds. The molecule has 1 heterocycles. The van der Waals surface area contributed by atoms with Crippen LogP contribution in [0.3, 0.4) is 0 Å². The Bertz CT molecular complexity index is 293. The number of hydrogen-bond acceptors (Lipinski definition) is 4. The highest BCUT2D eigenvalue weighted by Crippen LogP contribution is 2.27. The lowest BCUT2D eigenvalue weighted by Crippen LogP contribution is -2.49. The van der Waals surface area contributed by atoms with Crippen LogP contribution in [0.1, 0.15) is 12.8 Å². The van der Waals surface area contributed by atoms with Crippen LogP contribution in [0.15, 0.2) is 0 Å². The zero-order valence-corrected chi connectivity index (χ0v) is 10.3. The summed E-state index contributed by atoms with van der Waals surface area (Å²) in [5.41, 5.74) is -0.310. The molecule has 6 heteroatoms. The van der Waals surface area contributed by atoms with Gasteiger partial charge in [0.15, 0.2) is 0 Å². The van der Waals surface area contributed by atoms with Crippen molar-refractivity contribution in [2.24, 2.45) is 0 Å². The topological polar surface area (TPSA) is 55.8 Å². The zero-order chi connectivity index (χ0) is 11.5. The molecular formula is C9H19NO4S. The number of hydrogen-bond donors (Lipinski definition) is 0. The highest BCUT2D eigenvalue weighted by atomic mass is 32.2. The summed E-state index contributed by atoms with van der Waals surface area (Å²) < 4.78 is 34.6. The Morgan fingerprint density at radius 3 is 2.13 bits per heavy atom. The maximum absolute atomic E-state index is 11.3. The fourth-order valence-electron chi connectivity index (χ4n) is 1.90. The summed E-state index contributed by atoms with van der Waals surface area (Å²) in [6, 6.07) is 0. The van der Waals surface area contributed by atoms with Crippen LogP contribution >= 0.6 is 0 Å². The van der Waals surface area contributed by atoms with Crippen LogP contribution in [-0.2, 0) is 19.5 Å². The molecule has 1 fully saturated rings. The Kier molecular flexibility index (Phi) is 4.11. The zero-order valence-electron chi connectivity index (χ0n) is 9.52. The van der Waals surface area contributed by atoms with Gasteiger partial charge in [-0.2, -0.15) is 0 Å². The van der Waals surface area contributed by atoms with Gasteiger partial charge in [0.2, 0.25) is 10.0 Å². The van der Waals surface area contributed by atoms with Gasteiger partial charge in [0.1, 0.15) is 0 Å². The third-order valence-electron chi connectivity index (χ3n) is 2.94. The molecule has 1 rings (SSSR count). The molecule has 5 nitrogen and oxygen atoms in total. The van der Waals surface area contributed by atoms with Crippen molar-refractivity contribution in [1.82, 2.24) is 4.31 Å². The predicted octanol–water partition coefficient (Wildman–Crippen LogP) is 0.0734. The molecule has 0 saturated carbocycles. The summed E-state index contributed by atoms with van der Waals surface area (Å²) in [6.07, 6.45) is 2.61. The summed E-state index contributed by atoms with van der Waals surface area (Å²) in [4.78, 5) is 0. The molecular weight excluding hydrogens is 218 g/mol. The molecule has 0 spiro atoms. The van der Waals surface area contributed by atoms with Crippen molar-refractivity contribution >= 4 is 10.0 Å². The van der Waals surface area contributed by atoms with Gasteiger partial charge in [-0.1, -0.05) is 0 Å². The molecule has 0 unspecified atom stereocenters. The van der Waals surface area contributed by atoms with Gasteiger partial charge in [-0.25, -0.2) is 12.7 Å². The first-order valence-corrected chi connectivity index (χ1v) is 6.77. The Hall–Kier alpha value is -0.170. The van der Waals surface area contributed by atoms with E-state index in [2.05, 4.69) is 0 Å². The minimum Gasteiger partial charge on any atom is -0.382 e. The normalized spacial score (nSPS) is 22.9. The number of sulfonamides is 1. The van der Waals surface area contributed by atoms with Gasteiger partial charge in [-0.3, -0.25) is 0 Å². The van der Waals surface area contributed by atoms with E-state index in [1.165, 1.54) is 10.6 Å². The fourth-order valence-corrected chi connectivity index (χ4v) is 2.74. The molecule has 1 aliphatic heterocycles. The maximum Gasteiger partial charge on any atom is 0.211 e. The monoisotopic (exact) mass is 237 g/mol. The molecule has 15 heavy (non-hydrogen) atoms. The van der Waals surface area contributed by atoms with Crippen molar-refractivity contribution < 1.29 is 17.9 Å². The standard InChI is InChI=1S/C9H19NO4S/c1-13-8-9(14-2)4-6-10(7-5-9)15(3,11)12/h4-8H2,1-3H3. The number of methoxy groups -OCH3 is 2. The van der Waals surface area contributed by atoms with Crippen LogP contribution in [0.5, 0.6) is 0 Å². The second-order valence-electron chi connectivity index (χ2n) is 3.98. The van der Waals surface area contributed by atoms with Gasteiger partial charge < -0.3 is 9.47 Å². The number of piperidine rings is 1. The van der Waals surface area contributed by atoms with E-state index in [-0.39, 0.29) is 5.60 Å². The first kappa shape index (κ1) is 12.9.